The molecule has 1 saturated heterocycles. The second-order valence-corrected chi connectivity index (χ2v) is 8.83. The van der Waals surface area contributed by atoms with Crippen molar-refractivity contribution in [3.8, 4) is 0 Å². The van der Waals surface area contributed by atoms with Gasteiger partial charge in [-0.05, 0) is 64.2 Å². The Hall–Kier alpha value is -1.59. The lowest BCUT2D eigenvalue weighted by atomic mass is 9.83. The van der Waals surface area contributed by atoms with E-state index in [4.69, 9.17) is 0 Å². The Labute approximate surface area is 162 Å². The third-order valence-electron chi connectivity index (χ3n) is 6.98. The Morgan fingerprint density at radius 3 is 2.26 bits per heavy atom. The molecule has 1 aliphatic heterocycles. The van der Waals surface area contributed by atoms with E-state index in [1.807, 2.05) is 6.92 Å². The number of hydrogen-bond donors (Lipinski definition) is 2. The molecule has 0 aromatic carbocycles. The minimum Gasteiger partial charge on any atom is -0.481 e. The lowest BCUT2D eigenvalue weighted by Crippen LogP contribution is -2.51. The van der Waals surface area contributed by atoms with E-state index >= 15 is 0 Å². The first-order valence-corrected chi connectivity index (χ1v) is 10.8. The van der Waals surface area contributed by atoms with Crippen molar-refractivity contribution in [3.63, 3.8) is 0 Å². The molecule has 3 fully saturated rings. The largest absolute Gasteiger partial charge is 0.481 e. The van der Waals surface area contributed by atoms with Crippen molar-refractivity contribution in [2.45, 2.75) is 89.6 Å². The van der Waals surface area contributed by atoms with Crippen LogP contribution in [0.25, 0.3) is 0 Å². The fraction of sp³-hybridized carbons (Fsp3) is 0.857. The van der Waals surface area contributed by atoms with Crippen molar-refractivity contribution in [3.05, 3.63) is 0 Å². The van der Waals surface area contributed by atoms with Crippen LogP contribution in [0.5, 0.6) is 0 Å². The van der Waals surface area contributed by atoms with Crippen LogP contribution in [0.2, 0.25) is 0 Å². The van der Waals surface area contributed by atoms with Gasteiger partial charge >= 0.3 is 5.97 Å². The summed E-state index contributed by atoms with van der Waals surface area (Å²) in [7, 11) is 0. The second-order valence-electron chi connectivity index (χ2n) is 8.83. The number of nitrogens with one attached hydrogen (secondary N) is 1. The van der Waals surface area contributed by atoms with E-state index in [0.29, 0.717) is 25.3 Å². The summed E-state index contributed by atoms with van der Waals surface area (Å²) in [6.07, 6.45) is 10.2. The summed E-state index contributed by atoms with van der Waals surface area (Å²) < 4.78 is 0. The molecule has 2 saturated carbocycles. The monoisotopic (exact) mass is 378 g/mol. The predicted octanol–water partition coefficient (Wildman–Crippen LogP) is 2.95. The van der Waals surface area contributed by atoms with Gasteiger partial charge in [-0.1, -0.05) is 12.8 Å². The number of rotatable bonds is 5. The van der Waals surface area contributed by atoms with Crippen molar-refractivity contribution in [1.82, 2.24) is 10.2 Å². The summed E-state index contributed by atoms with van der Waals surface area (Å²) in [6.45, 7) is 2.53. The van der Waals surface area contributed by atoms with E-state index in [-0.39, 0.29) is 29.8 Å². The van der Waals surface area contributed by atoms with Gasteiger partial charge in [0.05, 0.1) is 5.92 Å². The van der Waals surface area contributed by atoms with E-state index in [1.54, 1.807) is 4.90 Å². The normalized spacial score (nSPS) is 32.3. The molecule has 2 N–H and O–H groups in total. The van der Waals surface area contributed by atoms with Crippen LogP contribution in [0.3, 0.4) is 0 Å². The van der Waals surface area contributed by atoms with E-state index < -0.39 is 11.9 Å². The average Bonchev–Trinajstić information content (AvgIpc) is 3.14. The first kappa shape index (κ1) is 20.2. The lowest BCUT2D eigenvalue weighted by molar-refractivity contribution is -0.151. The third kappa shape index (κ3) is 5.02. The van der Waals surface area contributed by atoms with Crippen molar-refractivity contribution in [2.24, 2.45) is 17.8 Å². The number of nitrogens with zero attached hydrogens (tertiary/aromatic N) is 1. The lowest BCUT2D eigenvalue weighted by Gasteiger charge is -2.40. The summed E-state index contributed by atoms with van der Waals surface area (Å²) in [5, 5.41) is 12.5. The standard InChI is InChI=1S/C21H34N2O4/c1-14-18(21(26)27)7-4-12-23(14)20(25)16-8-10-17(11-9-16)22-19(24)13-15-5-2-3-6-15/h14-18H,2-13H2,1H3,(H,22,24)(H,26,27)/t14-,16?,17?,18-/m1/s1. The highest BCUT2D eigenvalue weighted by molar-refractivity contribution is 5.81. The van der Waals surface area contributed by atoms with Crippen LogP contribution >= 0.6 is 0 Å². The van der Waals surface area contributed by atoms with Crippen molar-refractivity contribution in [2.75, 3.05) is 6.54 Å². The molecule has 3 rings (SSSR count). The number of aliphatic carboxylic acids is 1. The Morgan fingerprint density at radius 1 is 0.963 bits per heavy atom. The van der Waals surface area contributed by atoms with Crippen molar-refractivity contribution >= 4 is 17.8 Å². The van der Waals surface area contributed by atoms with Gasteiger partial charge in [0.15, 0.2) is 0 Å². The summed E-state index contributed by atoms with van der Waals surface area (Å²) >= 11 is 0. The van der Waals surface area contributed by atoms with Crippen LogP contribution < -0.4 is 5.32 Å². The van der Waals surface area contributed by atoms with Crippen LogP contribution in [-0.4, -0.2) is 46.4 Å². The number of likely N-dealkylation sites (tertiary alicyclic amines) is 1. The molecule has 6 nitrogen and oxygen atoms in total. The number of carboxylic acids is 1. The van der Waals surface area contributed by atoms with Gasteiger partial charge in [-0.25, -0.2) is 0 Å². The molecule has 2 aliphatic carbocycles. The molecular formula is C21H34N2O4. The second kappa shape index (κ2) is 9.07. The molecule has 2 amide bonds. The smallest absolute Gasteiger partial charge is 0.308 e. The zero-order valence-corrected chi connectivity index (χ0v) is 16.5. The molecule has 1 heterocycles. The number of piperidine rings is 1. The van der Waals surface area contributed by atoms with Gasteiger partial charge in [-0.15, -0.1) is 0 Å². The Morgan fingerprint density at radius 2 is 1.63 bits per heavy atom. The summed E-state index contributed by atoms with van der Waals surface area (Å²) in [4.78, 5) is 38.4. The van der Waals surface area contributed by atoms with Gasteiger partial charge < -0.3 is 15.3 Å². The maximum absolute atomic E-state index is 12.9. The van der Waals surface area contributed by atoms with Gasteiger partial charge in [-0.3, -0.25) is 14.4 Å². The van der Waals surface area contributed by atoms with Crippen LogP contribution in [0.1, 0.15) is 77.6 Å². The fourth-order valence-corrected chi connectivity index (χ4v) is 5.27. The number of carbonyl (C=O) groups is 3. The van der Waals surface area contributed by atoms with Gasteiger partial charge in [0.25, 0.3) is 0 Å². The summed E-state index contributed by atoms with van der Waals surface area (Å²) in [6, 6.07) is -0.0407. The van der Waals surface area contributed by atoms with Crippen LogP contribution in [0, 0.1) is 17.8 Å². The number of carboxylic acid groups (broad SMARTS) is 1. The van der Waals surface area contributed by atoms with Gasteiger partial charge in [0, 0.05) is 31.0 Å². The molecule has 0 spiro atoms. The average molecular weight is 379 g/mol. The van der Waals surface area contributed by atoms with Gasteiger partial charge in [0.1, 0.15) is 0 Å². The first-order chi connectivity index (χ1) is 13.0. The Kier molecular flexibility index (Phi) is 6.77. The highest BCUT2D eigenvalue weighted by Crippen LogP contribution is 2.31. The Balaban J connectivity index is 1.44. The predicted molar refractivity (Wildman–Crippen MR) is 102 cm³/mol. The third-order valence-corrected chi connectivity index (χ3v) is 6.98. The van der Waals surface area contributed by atoms with Crippen LogP contribution in [0.4, 0.5) is 0 Å². The van der Waals surface area contributed by atoms with Gasteiger partial charge in [0.2, 0.25) is 11.8 Å². The van der Waals surface area contributed by atoms with E-state index in [2.05, 4.69) is 5.32 Å². The van der Waals surface area contributed by atoms with Gasteiger partial charge in [-0.2, -0.15) is 0 Å². The first-order valence-electron chi connectivity index (χ1n) is 10.8. The molecular weight excluding hydrogens is 344 g/mol. The minimum atomic E-state index is -0.798. The number of carbonyl (C=O) groups excluding carboxylic acids is 2. The zero-order chi connectivity index (χ0) is 19.4. The van der Waals surface area contributed by atoms with Crippen LogP contribution in [0.15, 0.2) is 0 Å². The minimum absolute atomic E-state index is 0.0250. The maximum Gasteiger partial charge on any atom is 0.308 e. The maximum atomic E-state index is 12.9. The number of amides is 2. The van der Waals surface area contributed by atoms with E-state index in [1.165, 1.54) is 25.7 Å². The quantitative estimate of drug-likeness (QED) is 0.770. The molecule has 6 heteroatoms. The van der Waals surface area contributed by atoms with E-state index in [9.17, 15) is 19.5 Å². The molecule has 0 bridgehead atoms. The fourth-order valence-electron chi connectivity index (χ4n) is 5.27. The van der Waals surface area contributed by atoms with E-state index in [0.717, 1.165) is 32.1 Å². The van der Waals surface area contributed by atoms with Crippen molar-refractivity contribution in [1.29, 1.82) is 0 Å². The molecule has 2 atom stereocenters. The topological polar surface area (TPSA) is 86.7 Å². The summed E-state index contributed by atoms with van der Waals surface area (Å²) in [5.74, 6) is -0.425. The molecule has 0 unspecified atom stereocenters. The summed E-state index contributed by atoms with van der Waals surface area (Å²) in [5.41, 5.74) is 0. The highest BCUT2D eigenvalue weighted by Gasteiger charge is 2.38. The molecule has 27 heavy (non-hydrogen) atoms. The highest BCUT2D eigenvalue weighted by atomic mass is 16.4. The zero-order valence-electron chi connectivity index (χ0n) is 16.5. The SMILES string of the molecule is C[C@@H]1[C@H](C(=O)O)CCCN1C(=O)C1CCC(NC(=O)CC2CCCC2)CC1. The molecule has 0 aromatic heterocycles. The van der Waals surface area contributed by atoms with Crippen LogP contribution in [-0.2, 0) is 14.4 Å². The Bertz CT molecular complexity index is 550. The molecule has 0 radical (unpaired) electrons. The number of hydrogen-bond acceptors (Lipinski definition) is 3. The molecule has 0 aromatic rings. The molecule has 3 aliphatic rings. The molecule has 152 valence electrons. The van der Waals surface area contributed by atoms with Crippen molar-refractivity contribution < 1.29 is 19.5 Å².